The highest BCUT2D eigenvalue weighted by Crippen LogP contribution is 2.07. The summed E-state index contributed by atoms with van der Waals surface area (Å²) in [6.07, 6.45) is -1.25. The van der Waals surface area contributed by atoms with Gasteiger partial charge in [-0.25, -0.2) is 14.4 Å². The van der Waals surface area contributed by atoms with E-state index in [-0.39, 0.29) is 26.2 Å². The third-order valence-corrected chi connectivity index (χ3v) is 2.90. The van der Waals surface area contributed by atoms with E-state index < -0.39 is 48.5 Å². The lowest BCUT2D eigenvalue weighted by atomic mass is 10.2. The van der Waals surface area contributed by atoms with Gasteiger partial charge in [-0.05, 0) is 41.5 Å². The largest absolute Gasteiger partial charge is 0.480 e. The summed E-state index contributed by atoms with van der Waals surface area (Å²) < 4.78 is 15.0. The first-order valence-corrected chi connectivity index (χ1v) is 9.20. The molecule has 0 spiro atoms. The van der Waals surface area contributed by atoms with Crippen LogP contribution in [0.4, 0.5) is 9.59 Å². The lowest BCUT2D eigenvalue weighted by Crippen LogP contribution is -2.45. The predicted molar refractivity (Wildman–Crippen MR) is 104 cm³/mol. The average molecular weight is 419 g/mol. The maximum Gasteiger partial charge on any atom is 0.407 e. The second kappa shape index (κ2) is 12.1. The summed E-state index contributed by atoms with van der Waals surface area (Å²) in [5, 5.41) is 13.6. The van der Waals surface area contributed by atoms with Gasteiger partial charge in [-0.15, -0.1) is 0 Å². The van der Waals surface area contributed by atoms with Crippen LogP contribution in [0.5, 0.6) is 0 Å². The summed E-state index contributed by atoms with van der Waals surface area (Å²) in [5.74, 6) is -1.68. The van der Waals surface area contributed by atoms with Crippen LogP contribution in [0.1, 0.15) is 41.5 Å². The fourth-order valence-electron chi connectivity index (χ4n) is 1.89. The minimum Gasteiger partial charge on any atom is -0.480 e. The molecule has 0 radical (unpaired) electrons. The van der Waals surface area contributed by atoms with Gasteiger partial charge in [0.15, 0.2) is 0 Å². The van der Waals surface area contributed by atoms with E-state index in [0.29, 0.717) is 0 Å². The molecule has 0 rings (SSSR count). The van der Waals surface area contributed by atoms with E-state index in [9.17, 15) is 19.2 Å². The summed E-state index contributed by atoms with van der Waals surface area (Å²) in [6.45, 7) is 9.75. The molecule has 0 unspecified atom stereocenters. The standard InChI is InChI=1S/C18H33N3O8/c1-17(2,3)28-15(25)19-7-9-21(13(22)11-27-12-14(23)24)10-8-20-16(26)29-18(4,5)6/h7-12H2,1-6H3,(H,19,25)(H,20,26)(H,23,24). The molecule has 3 amide bonds. The van der Waals surface area contributed by atoms with Crippen LogP contribution in [-0.4, -0.2) is 84.7 Å². The number of rotatable bonds is 10. The van der Waals surface area contributed by atoms with Crippen LogP contribution in [0.3, 0.4) is 0 Å². The number of nitrogens with zero attached hydrogens (tertiary/aromatic N) is 1. The van der Waals surface area contributed by atoms with Crippen molar-refractivity contribution in [2.75, 3.05) is 39.4 Å². The number of carbonyl (C=O) groups is 4. The Hall–Kier alpha value is -2.56. The number of carbonyl (C=O) groups excluding carboxylic acids is 3. The molecule has 29 heavy (non-hydrogen) atoms. The minimum atomic E-state index is -1.19. The Morgan fingerprint density at radius 1 is 0.793 bits per heavy atom. The number of hydrogen-bond donors (Lipinski definition) is 3. The second-order valence-electron chi connectivity index (χ2n) is 8.12. The number of aliphatic carboxylic acids is 1. The number of hydrogen-bond acceptors (Lipinski definition) is 7. The molecule has 0 atom stereocenters. The molecule has 0 aromatic rings. The van der Waals surface area contributed by atoms with E-state index in [4.69, 9.17) is 19.3 Å². The zero-order valence-corrected chi connectivity index (χ0v) is 18.0. The first kappa shape index (κ1) is 26.4. The van der Waals surface area contributed by atoms with Crippen LogP contribution in [-0.2, 0) is 23.8 Å². The average Bonchev–Trinajstić information content (AvgIpc) is 2.49. The highest BCUT2D eigenvalue weighted by molar-refractivity contribution is 5.78. The maximum absolute atomic E-state index is 12.3. The van der Waals surface area contributed by atoms with E-state index in [0.717, 1.165) is 0 Å². The summed E-state index contributed by atoms with van der Waals surface area (Å²) in [5.41, 5.74) is -1.30. The normalized spacial score (nSPS) is 11.4. The molecule has 0 aliphatic carbocycles. The van der Waals surface area contributed by atoms with Gasteiger partial charge in [0.05, 0.1) is 0 Å². The number of carboxylic acid groups (broad SMARTS) is 1. The van der Waals surface area contributed by atoms with Gasteiger partial charge < -0.3 is 34.9 Å². The van der Waals surface area contributed by atoms with Gasteiger partial charge in [-0.1, -0.05) is 0 Å². The monoisotopic (exact) mass is 419 g/mol. The van der Waals surface area contributed by atoms with Gasteiger partial charge in [-0.3, -0.25) is 4.79 Å². The topological polar surface area (TPSA) is 144 Å². The second-order valence-corrected chi connectivity index (χ2v) is 8.12. The molecular weight excluding hydrogens is 386 g/mol. The summed E-state index contributed by atoms with van der Waals surface area (Å²) in [4.78, 5) is 47.5. The molecule has 0 aliphatic heterocycles. The van der Waals surface area contributed by atoms with Gasteiger partial charge >= 0.3 is 18.2 Å². The Kier molecular flexibility index (Phi) is 11.0. The van der Waals surface area contributed by atoms with Crippen molar-refractivity contribution in [1.82, 2.24) is 15.5 Å². The molecule has 0 aliphatic rings. The molecule has 0 saturated heterocycles. The Morgan fingerprint density at radius 2 is 1.21 bits per heavy atom. The first-order valence-electron chi connectivity index (χ1n) is 9.20. The van der Waals surface area contributed by atoms with Crippen molar-refractivity contribution in [3.63, 3.8) is 0 Å². The van der Waals surface area contributed by atoms with E-state index >= 15 is 0 Å². The van der Waals surface area contributed by atoms with Crippen molar-refractivity contribution in [3.05, 3.63) is 0 Å². The van der Waals surface area contributed by atoms with Crippen molar-refractivity contribution in [2.24, 2.45) is 0 Å². The van der Waals surface area contributed by atoms with E-state index in [1.165, 1.54) is 4.90 Å². The summed E-state index contributed by atoms with van der Waals surface area (Å²) >= 11 is 0. The summed E-state index contributed by atoms with van der Waals surface area (Å²) in [6, 6.07) is 0. The third kappa shape index (κ3) is 16.1. The summed E-state index contributed by atoms with van der Waals surface area (Å²) in [7, 11) is 0. The van der Waals surface area contributed by atoms with E-state index in [1.54, 1.807) is 41.5 Å². The van der Waals surface area contributed by atoms with Crippen molar-refractivity contribution in [3.8, 4) is 0 Å². The van der Waals surface area contributed by atoms with Crippen molar-refractivity contribution in [1.29, 1.82) is 0 Å². The fraction of sp³-hybridized carbons (Fsp3) is 0.778. The Labute approximate surface area is 171 Å². The van der Waals surface area contributed by atoms with Crippen LogP contribution in [0, 0.1) is 0 Å². The van der Waals surface area contributed by atoms with Crippen LogP contribution in [0.2, 0.25) is 0 Å². The van der Waals surface area contributed by atoms with Crippen molar-refractivity contribution < 1.29 is 38.5 Å². The van der Waals surface area contributed by atoms with Crippen LogP contribution in [0.25, 0.3) is 0 Å². The number of amides is 3. The van der Waals surface area contributed by atoms with Crippen molar-refractivity contribution in [2.45, 2.75) is 52.7 Å². The zero-order chi connectivity index (χ0) is 22.7. The smallest absolute Gasteiger partial charge is 0.407 e. The predicted octanol–water partition coefficient (Wildman–Crippen LogP) is 0.966. The van der Waals surface area contributed by atoms with Gasteiger partial charge in [0.25, 0.3) is 0 Å². The van der Waals surface area contributed by atoms with Crippen LogP contribution >= 0.6 is 0 Å². The van der Waals surface area contributed by atoms with Crippen LogP contribution in [0.15, 0.2) is 0 Å². The fourth-order valence-corrected chi connectivity index (χ4v) is 1.89. The maximum atomic E-state index is 12.3. The molecule has 0 aromatic carbocycles. The Bertz CT molecular complexity index is 532. The van der Waals surface area contributed by atoms with Gasteiger partial charge in [0.1, 0.15) is 24.4 Å². The molecule has 0 aromatic heterocycles. The first-order chi connectivity index (χ1) is 13.2. The lowest BCUT2D eigenvalue weighted by molar-refractivity contribution is -0.145. The highest BCUT2D eigenvalue weighted by Gasteiger charge is 2.19. The lowest BCUT2D eigenvalue weighted by Gasteiger charge is -2.25. The molecule has 3 N–H and O–H groups in total. The highest BCUT2D eigenvalue weighted by atomic mass is 16.6. The number of ether oxygens (including phenoxy) is 3. The zero-order valence-electron chi connectivity index (χ0n) is 18.0. The number of alkyl carbamates (subject to hydrolysis) is 2. The number of nitrogens with one attached hydrogen (secondary N) is 2. The van der Waals surface area contributed by atoms with Gasteiger partial charge in [-0.2, -0.15) is 0 Å². The van der Waals surface area contributed by atoms with Gasteiger partial charge in [0.2, 0.25) is 5.91 Å². The molecule has 0 heterocycles. The van der Waals surface area contributed by atoms with Gasteiger partial charge in [0, 0.05) is 26.2 Å². The Balaban J connectivity index is 4.59. The Morgan fingerprint density at radius 3 is 1.55 bits per heavy atom. The van der Waals surface area contributed by atoms with E-state index in [1.807, 2.05) is 0 Å². The quantitative estimate of drug-likeness (QED) is 0.475. The van der Waals surface area contributed by atoms with Crippen LogP contribution < -0.4 is 10.6 Å². The molecule has 11 heteroatoms. The number of carboxylic acids is 1. The van der Waals surface area contributed by atoms with E-state index in [2.05, 4.69) is 10.6 Å². The molecule has 0 fully saturated rings. The molecule has 11 nitrogen and oxygen atoms in total. The molecule has 0 saturated carbocycles. The third-order valence-electron chi connectivity index (χ3n) is 2.90. The molecular formula is C18H33N3O8. The minimum absolute atomic E-state index is 0.103. The molecule has 168 valence electrons. The SMILES string of the molecule is CC(C)(C)OC(=O)NCCN(CCNC(=O)OC(C)(C)C)C(=O)COCC(=O)O. The van der Waals surface area contributed by atoms with Crippen molar-refractivity contribution >= 4 is 24.1 Å². The molecule has 0 bridgehead atoms.